The Kier molecular flexibility index (Phi) is 14.3. The van der Waals surface area contributed by atoms with E-state index in [-0.39, 0.29) is 37.4 Å². The number of hydrogen-bond donors (Lipinski definition) is 1. The maximum atomic E-state index is 14.6. The standard InChI is InChI=1S/C39H34FNO11P2S5/c1-24-33(20-25-5-16-31(17-6-25)59(2)48)32-18-7-26(40)21-35(32)34(24)22-38(44)52-36(23-49-37(43)4-3-19-50-41(46)47)39(45)51-28-10-14-30(15-11-28)54(56)57-53(55,58-54)29-12-8-27(42)9-13-29/h5-18,20-21,36,42H,3-4,19,22-23H2,1-2H3/b33-20-. The predicted octanol–water partition coefficient (Wildman–Crippen LogP) is 8.09. The lowest BCUT2D eigenvalue weighted by atomic mass is 10.0. The second kappa shape index (κ2) is 19.1. The van der Waals surface area contributed by atoms with Crippen LogP contribution in [0.1, 0.15) is 42.9 Å². The van der Waals surface area contributed by atoms with Crippen molar-refractivity contribution in [1.82, 2.24) is 0 Å². The number of phenols is 1. The first-order chi connectivity index (χ1) is 28.0. The Morgan fingerprint density at radius 2 is 1.56 bits per heavy atom. The van der Waals surface area contributed by atoms with Crippen LogP contribution < -0.4 is 15.3 Å². The van der Waals surface area contributed by atoms with E-state index in [2.05, 4.69) is 4.84 Å². The van der Waals surface area contributed by atoms with E-state index in [1.807, 2.05) is 18.2 Å². The Bertz CT molecular complexity index is 2480. The van der Waals surface area contributed by atoms with Gasteiger partial charge in [0.15, 0.2) is 0 Å². The molecule has 20 heteroatoms. The highest BCUT2D eigenvalue weighted by atomic mass is 33.7. The van der Waals surface area contributed by atoms with Crippen LogP contribution in [0, 0.1) is 15.9 Å². The van der Waals surface area contributed by atoms with Crippen molar-refractivity contribution in [3.8, 4) is 11.5 Å². The lowest BCUT2D eigenvalue weighted by Crippen LogP contribution is -2.36. The quantitative estimate of drug-likeness (QED) is 0.0286. The van der Waals surface area contributed by atoms with Gasteiger partial charge in [-0.3, -0.25) is 13.8 Å². The summed E-state index contributed by atoms with van der Waals surface area (Å²) in [4.78, 5) is 54.9. The minimum Gasteiger partial charge on any atom is -0.508 e. The van der Waals surface area contributed by atoms with Crippen LogP contribution in [0.2, 0.25) is 0 Å². The zero-order valence-electron chi connectivity index (χ0n) is 31.1. The fraction of sp³-hybridized carbons (Fsp3) is 0.205. The largest absolute Gasteiger partial charge is 0.508 e. The number of phenolic OH excluding ortho intramolecular Hbond substituents is 1. The number of hydrogen-bond acceptors (Lipinski definition) is 15. The minimum absolute atomic E-state index is 0.0460. The molecule has 1 heterocycles. The molecule has 2 unspecified atom stereocenters. The molecule has 1 aliphatic carbocycles. The highest BCUT2D eigenvalue weighted by Gasteiger charge is 2.46. The fourth-order valence-corrected chi connectivity index (χ4v) is 48.8. The van der Waals surface area contributed by atoms with E-state index in [9.17, 15) is 38.2 Å². The van der Waals surface area contributed by atoms with Crippen LogP contribution in [0.15, 0.2) is 101 Å². The molecule has 2 aliphatic rings. The second-order valence-corrected chi connectivity index (χ2v) is 35.6. The van der Waals surface area contributed by atoms with Gasteiger partial charge in [-0.1, -0.05) is 63.8 Å². The van der Waals surface area contributed by atoms with Crippen molar-refractivity contribution in [2.75, 3.05) is 19.5 Å². The number of allylic oxidation sites excluding steroid dienone is 2. The SMILES string of the molecule is CC1=C(CC(=O)OC(COC(=O)CCCO[N+](=O)[O-])C(=O)Oc2ccc(P3(=S)SP(=S)(c4ccc(O)cc4)S3)cc2)c2cc(F)ccc2/C1=C\c1ccc(S(C)=O)cc1. The van der Waals surface area contributed by atoms with Crippen molar-refractivity contribution >= 4 is 111 Å². The molecule has 4 aromatic rings. The van der Waals surface area contributed by atoms with Gasteiger partial charge < -0.3 is 24.2 Å². The summed E-state index contributed by atoms with van der Waals surface area (Å²) in [6, 6.07) is 24.7. The topological polar surface area (TPSA) is 169 Å². The van der Waals surface area contributed by atoms with Crippen molar-refractivity contribution in [3.05, 3.63) is 129 Å². The maximum absolute atomic E-state index is 14.6. The zero-order chi connectivity index (χ0) is 42.5. The molecule has 0 spiro atoms. The fourth-order valence-electron chi connectivity index (χ4n) is 5.99. The Labute approximate surface area is 358 Å². The molecular formula is C39H34FNO11P2S5. The van der Waals surface area contributed by atoms with E-state index in [0.29, 0.717) is 27.2 Å². The summed E-state index contributed by atoms with van der Waals surface area (Å²) < 4.78 is 38.7. The van der Waals surface area contributed by atoms with Gasteiger partial charge in [-0.05, 0) is 126 Å². The third-order valence-electron chi connectivity index (χ3n) is 8.92. The van der Waals surface area contributed by atoms with Crippen molar-refractivity contribution in [2.45, 2.75) is 37.2 Å². The average Bonchev–Trinajstić information content (AvgIpc) is 3.43. The minimum atomic E-state index is -2.16. The van der Waals surface area contributed by atoms with Crippen molar-refractivity contribution in [3.63, 3.8) is 0 Å². The van der Waals surface area contributed by atoms with Gasteiger partial charge in [0.2, 0.25) is 6.10 Å². The molecule has 0 saturated carbocycles. The number of halogens is 1. The Morgan fingerprint density at radius 1 is 0.932 bits per heavy atom. The molecule has 6 rings (SSSR count). The molecular weight excluding hydrogens is 900 g/mol. The number of aromatic hydroxyl groups is 1. The van der Waals surface area contributed by atoms with Crippen molar-refractivity contribution in [1.29, 1.82) is 0 Å². The number of esters is 3. The van der Waals surface area contributed by atoms with Crippen molar-refractivity contribution in [2.24, 2.45) is 0 Å². The highest BCUT2D eigenvalue weighted by Crippen LogP contribution is 3.04. The van der Waals surface area contributed by atoms with Crippen LogP contribution in [0.25, 0.3) is 17.2 Å². The monoisotopic (exact) mass is 933 g/mol. The normalized spacial score (nSPS) is 19.9. The summed E-state index contributed by atoms with van der Waals surface area (Å²) in [5.74, 6) is -3.04. The molecule has 59 heavy (non-hydrogen) atoms. The van der Waals surface area contributed by atoms with Gasteiger partial charge in [0.25, 0.3) is 5.09 Å². The molecule has 0 amide bonds. The summed E-state index contributed by atoms with van der Waals surface area (Å²) >= 11 is 15.1. The lowest BCUT2D eigenvalue weighted by Gasteiger charge is -2.40. The molecule has 4 aromatic carbocycles. The van der Waals surface area contributed by atoms with E-state index in [1.165, 1.54) is 12.1 Å². The molecule has 0 aromatic heterocycles. The lowest BCUT2D eigenvalue weighted by molar-refractivity contribution is -0.757. The zero-order valence-corrected chi connectivity index (χ0v) is 37.0. The molecule has 1 fully saturated rings. The number of benzene rings is 4. The Balaban J connectivity index is 1.17. The van der Waals surface area contributed by atoms with Crippen LogP contribution in [0.4, 0.5) is 4.39 Å². The van der Waals surface area contributed by atoms with Crippen LogP contribution >= 0.6 is 30.9 Å². The Morgan fingerprint density at radius 3 is 2.17 bits per heavy atom. The van der Waals surface area contributed by atoms with Gasteiger partial charge in [0, 0.05) is 39.0 Å². The molecule has 1 saturated heterocycles. The van der Waals surface area contributed by atoms with Crippen LogP contribution in [-0.4, -0.2) is 57.9 Å². The molecule has 1 N–H and O–H groups in total. The summed E-state index contributed by atoms with van der Waals surface area (Å²) in [5, 5.41) is 20.9. The van der Waals surface area contributed by atoms with Crippen LogP contribution in [-0.2, 0) is 63.1 Å². The summed E-state index contributed by atoms with van der Waals surface area (Å²) in [6.07, 6.45) is 1.02. The predicted molar refractivity (Wildman–Crippen MR) is 236 cm³/mol. The summed E-state index contributed by atoms with van der Waals surface area (Å²) in [5.41, 5.74) is 3.77. The number of nitrogens with zero attached hydrogens (tertiary/aromatic N) is 1. The average molecular weight is 934 g/mol. The van der Waals surface area contributed by atoms with Gasteiger partial charge in [-0.2, -0.15) is 0 Å². The smallest absolute Gasteiger partial charge is 0.356 e. The highest BCUT2D eigenvalue weighted by molar-refractivity contribution is 9.48. The van der Waals surface area contributed by atoms with Gasteiger partial charge in [0.1, 0.15) is 23.9 Å². The van der Waals surface area contributed by atoms with Crippen LogP contribution in [0.5, 0.6) is 11.5 Å². The first-order valence-electron chi connectivity index (χ1n) is 17.6. The second-order valence-electron chi connectivity index (χ2n) is 13.0. The van der Waals surface area contributed by atoms with Gasteiger partial charge in [-0.25, -0.2) is 9.18 Å². The van der Waals surface area contributed by atoms with Gasteiger partial charge in [0.05, 0.1) is 21.9 Å². The number of carbonyl (C=O) groups is 3. The third kappa shape index (κ3) is 11.0. The number of fused-ring (bicyclic) bond motifs is 1. The number of ether oxygens (including phenoxy) is 3. The molecule has 0 bridgehead atoms. The summed E-state index contributed by atoms with van der Waals surface area (Å²) in [6.45, 7) is 0.704. The molecule has 0 radical (unpaired) electrons. The van der Waals surface area contributed by atoms with E-state index in [4.69, 9.17) is 37.8 Å². The molecule has 308 valence electrons. The van der Waals surface area contributed by atoms with E-state index >= 15 is 0 Å². The number of carbonyl (C=O) groups excluding carboxylic acids is 3. The first-order valence-corrected chi connectivity index (χ1v) is 28.8. The third-order valence-corrected chi connectivity index (χ3v) is 41.1. The number of rotatable bonds is 16. The molecule has 12 nitrogen and oxygen atoms in total. The van der Waals surface area contributed by atoms with Gasteiger partial charge in [-0.15, -0.1) is 10.1 Å². The van der Waals surface area contributed by atoms with E-state index in [0.717, 1.165) is 21.7 Å². The van der Waals surface area contributed by atoms with Crippen LogP contribution in [0.3, 0.4) is 0 Å². The maximum Gasteiger partial charge on any atom is 0.356 e. The first kappa shape index (κ1) is 44.4. The van der Waals surface area contributed by atoms with Gasteiger partial charge >= 0.3 is 17.9 Å². The van der Waals surface area contributed by atoms with E-state index < -0.39 is 61.2 Å². The molecule has 1 aliphatic heterocycles. The summed E-state index contributed by atoms with van der Waals surface area (Å²) in [7, 11) is -1.16. The van der Waals surface area contributed by atoms with E-state index in [1.54, 1.807) is 102 Å². The van der Waals surface area contributed by atoms with Crippen molar-refractivity contribution < 1.29 is 52.2 Å². The Hall–Kier alpha value is -4.15. The molecule has 2 atom stereocenters.